The molecule has 57 heavy (non-hydrogen) atoms. The molecule has 11 aromatic rings. The summed E-state index contributed by atoms with van der Waals surface area (Å²) >= 11 is 0. The van der Waals surface area contributed by atoms with E-state index in [0.29, 0.717) is 17.6 Å². The summed E-state index contributed by atoms with van der Waals surface area (Å²) in [6.07, 6.45) is 3.55. The topological polar surface area (TPSA) is 69.6 Å². The van der Waals surface area contributed by atoms with Crippen molar-refractivity contribution in [2.75, 3.05) is 0 Å². The van der Waals surface area contributed by atoms with E-state index in [4.69, 9.17) is 19.4 Å². The second-order valence-corrected chi connectivity index (χ2v) is 18.1. The van der Waals surface area contributed by atoms with Gasteiger partial charge in [-0.15, -0.1) is 0 Å². The van der Waals surface area contributed by atoms with E-state index in [1.165, 1.54) is 20.7 Å². The Labute approximate surface area is 329 Å². The lowest BCUT2D eigenvalue weighted by Crippen LogP contribution is -2.74. The number of hydrogen-bond acceptors (Lipinski definition) is 5. The molecule has 6 nitrogen and oxygen atoms in total. The number of hydrogen-bond donors (Lipinski definition) is 0. The van der Waals surface area contributed by atoms with Crippen molar-refractivity contribution in [2.45, 2.75) is 0 Å². The minimum absolute atomic E-state index is 0.546. The molecule has 0 aliphatic heterocycles. The Kier molecular flexibility index (Phi) is 7.72. The normalized spacial score (nSPS) is 11.9. The zero-order valence-electron chi connectivity index (χ0n) is 30.7. The minimum atomic E-state index is -2.82. The van der Waals surface area contributed by atoms with Crippen LogP contribution in [0.2, 0.25) is 0 Å². The molecule has 4 aromatic heterocycles. The molecule has 0 spiro atoms. The molecule has 0 atom stereocenters. The third-order valence-corrected chi connectivity index (χ3v) is 15.9. The number of fused-ring (bicyclic) bond motifs is 6. The molecule has 0 aliphatic carbocycles. The van der Waals surface area contributed by atoms with Gasteiger partial charge in [0.25, 0.3) is 0 Å². The van der Waals surface area contributed by atoms with Crippen molar-refractivity contribution < 1.29 is 4.42 Å². The fourth-order valence-corrected chi connectivity index (χ4v) is 13.4. The lowest BCUT2D eigenvalue weighted by atomic mass is 10.1. The van der Waals surface area contributed by atoms with Gasteiger partial charge in [0.15, 0.2) is 25.3 Å². The molecule has 0 amide bonds. The molecule has 7 aromatic carbocycles. The summed E-state index contributed by atoms with van der Waals surface area (Å²) in [6.45, 7) is 0. The maximum Gasteiger partial charge on any atom is 0.238 e. The summed E-state index contributed by atoms with van der Waals surface area (Å²) in [4.78, 5) is 20.1. The van der Waals surface area contributed by atoms with Gasteiger partial charge in [0.1, 0.15) is 5.58 Å². The first-order valence-electron chi connectivity index (χ1n) is 19.0. The zero-order chi connectivity index (χ0) is 37.8. The molecule has 0 radical (unpaired) electrons. The minimum Gasteiger partial charge on any atom is -0.454 e. The van der Waals surface area contributed by atoms with Crippen molar-refractivity contribution >= 4 is 72.6 Å². The predicted molar refractivity (Wildman–Crippen MR) is 234 cm³/mol. The predicted octanol–water partition coefficient (Wildman–Crippen LogP) is 8.97. The highest BCUT2D eigenvalue weighted by Crippen LogP contribution is 2.34. The SMILES string of the molecule is c1ccc([Si](c2ccccc2)(c2ccccc2)c2cccc(-c3nc(-c4ccc5c(c4)oc4cnccc45)nc(-n4c5ccccc5c5ccccc54)n3)c2)cc1. The summed E-state index contributed by atoms with van der Waals surface area (Å²) in [6, 6.07) is 66.8. The first kappa shape index (κ1) is 32.9. The van der Waals surface area contributed by atoms with E-state index in [-0.39, 0.29) is 0 Å². The molecule has 0 fully saturated rings. The van der Waals surface area contributed by atoms with Gasteiger partial charge in [-0.05, 0) is 51.1 Å². The molecular formula is C50H33N5OSi. The second kappa shape index (κ2) is 13.4. The van der Waals surface area contributed by atoms with Gasteiger partial charge in [-0.1, -0.05) is 158 Å². The largest absolute Gasteiger partial charge is 0.454 e. The Morgan fingerprint density at radius 2 is 0.930 bits per heavy atom. The van der Waals surface area contributed by atoms with Gasteiger partial charge in [0.2, 0.25) is 5.95 Å². The zero-order valence-corrected chi connectivity index (χ0v) is 31.7. The quantitative estimate of drug-likeness (QED) is 0.120. The van der Waals surface area contributed by atoms with Crippen LogP contribution >= 0.6 is 0 Å². The van der Waals surface area contributed by atoms with Crippen LogP contribution in [0.3, 0.4) is 0 Å². The van der Waals surface area contributed by atoms with E-state index in [1.807, 2.05) is 12.1 Å². The van der Waals surface area contributed by atoms with Gasteiger partial charge in [-0.25, -0.2) is 4.98 Å². The van der Waals surface area contributed by atoms with Gasteiger partial charge in [-0.2, -0.15) is 9.97 Å². The lowest BCUT2D eigenvalue weighted by Gasteiger charge is -2.34. The molecule has 0 saturated carbocycles. The molecular weight excluding hydrogens is 715 g/mol. The standard InChI is InChI=1S/C50H33N5OSi/c1-4-16-36(17-5-1)57(37-18-6-2-7-19-37,38-20-8-3-9-21-38)39-22-14-15-34(31-39)48-52-49(35-27-28-42-43-29-30-51-33-47(43)56-46(42)32-35)54-50(53-48)55-44-25-12-10-23-40(44)41-24-11-13-26-45(41)55/h1-33H. The Morgan fingerprint density at radius 1 is 0.404 bits per heavy atom. The Hall–Kier alpha value is -7.48. The van der Waals surface area contributed by atoms with Crippen molar-refractivity contribution in [3.63, 3.8) is 0 Å². The summed E-state index contributed by atoms with van der Waals surface area (Å²) in [5.41, 5.74) is 5.29. The van der Waals surface area contributed by atoms with E-state index in [0.717, 1.165) is 54.9 Å². The maximum atomic E-state index is 6.29. The van der Waals surface area contributed by atoms with Crippen LogP contribution in [0.5, 0.6) is 0 Å². The van der Waals surface area contributed by atoms with Crippen LogP contribution in [0, 0.1) is 0 Å². The molecule has 0 aliphatic rings. The molecule has 0 saturated heterocycles. The summed E-state index contributed by atoms with van der Waals surface area (Å²) in [5, 5.41) is 9.46. The highest BCUT2D eigenvalue weighted by atomic mass is 28.3. The van der Waals surface area contributed by atoms with E-state index < -0.39 is 8.07 Å². The Morgan fingerprint density at radius 3 is 1.54 bits per heavy atom. The van der Waals surface area contributed by atoms with Crippen LogP contribution < -0.4 is 20.7 Å². The van der Waals surface area contributed by atoms with Crippen molar-refractivity contribution in [1.29, 1.82) is 0 Å². The third kappa shape index (κ3) is 5.32. The molecule has 11 rings (SSSR count). The van der Waals surface area contributed by atoms with Crippen molar-refractivity contribution in [3.05, 3.63) is 200 Å². The summed E-state index contributed by atoms with van der Waals surface area (Å²) in [5.74, 6) is 1.69. The second-order valence-electron chi connectivity index (χ2n) is 14.3. The number of para-hydroxylation sites is 2. The number of benzene rings is 7. The number of pyridine rings is 1. The molecule has 4 heterocycles. The van der Waals surface area contributed by atoms with Crippen LogP contribution in [0.4, 0.5) is 0 Å². The first-order chi connectivity index (χ1) is 28.3. The molecule has 268 valence electrons. The smallest absolute Gasteiger partial charge is 0.238 e. The average Bonchev–Trinajstić information content (AvgIpc) is 3.83. The summed E-state index contributed by atoms with van der Waals surface area (Å²) in [7, 11) is -2.82. The molecule has 7 heteroatoms. The maximum absolute atomic E-state index is 6.29. The highest BCUT2D eigenvalue weighted by molar-refractivity contribution is 7.19. The number of furan rings is 1. The van der Waals surface area contributed by atoms with Crippen LogP contribution in [0.25, 0.3) is 72.5 Å². The van der Waals surface area contributed by atoms with E-state index in [1.54, 1.807) is 12.4 Å². The van der Waals surface area contributed by atoms with Gasteiger partial charge < -0.3 is 4.42 Å². The Balaban J connectivity index is 1.18. The van der Waals surface area contributed by atoms with Crippen LogP contribution in [0.1, 0.15) is 0 Å². The van der Waals surface area contributed by atoms with E-state index >= 15 is 0 Å². The van der Waals surface area contributed by atoms with Crippen LogP contribution in [-0.4, -0.2) is 32.6 Å². The van der Waals surface area contributed by atoms with E-state index in [2.05, 4.69) is 185 Å². The van der Waals surface area contributed by atoms with Gasteiger partial charge in [0.05, 0.1) is 17.2 Å². The molecule has 0 bridgehead atoms. The Bertz CT molecular complexity index is 3100. The first-order valence-corrected chi connectivity index (χ1v) is 21.0. The number of nitrogens with zero attached hydrogens (tertiary/aromatic N) is 5. The number of rotatable bonds is 7. The van der Waals surface area contributed by atoms with Gasteiger partial charge >= 0.3 is 0 Å². The fraction of sp³-hybridized carbons (Fsp3) is 0. The number of aromatic nitrogens is 5. The van der Waals surface area contributed by atoms with E-state index in [9.17, 15) is 0 Å². The van der Waals surface area contributed by atoms with Crippen molar-refractivity contribution in [2.24, 2.45) is 0 Å². The lowest BCUT2D eigenvalue weighted by molar-refractivity contribution is 0.667. The van der Waals surface area contributed by atoms with Crippen LogP contribution in [-0.2, 0) is 0 Å². The van der Waals surface area contributed by atoms with Crippen molar-refractivity contribution in [3.8, 4) is 28.7 Å². The fourth-order valence-electron chi connectivity index (χ4n) is 8.59. The molecule has 0 N–H and O–H groups in total. The average molecular weight is 748 g/mol. The van der Waals surface area contributed by atoms with Gasteiger partial charge in [0, 0.05) is 38.9 Å². The van der Waals surface area contributed by atoms with Crippen molar-refractivity contribution in [1.82, 2.24) is 24.5 Å². The monoisotopic (exact) mass is 747 g/mol. The highest BCUT2D eigenvalue weighted by Gasteiger charge is 2.41. The third-order valence-electron chi connectivity index (χ3n) is 11.1. The molecule has 0 unspecified atom stereocenters. The summed E-state index contributed by atoms with van der Waals surface area (Å²) < 4.78 is 8.45. The van der Waals surface area contributed by atoms with Crippen LogP contribution in [0.15, 0.2) is 205 Å². The van der Waals surface area contributed by atoms with Gasteiger partial charge in [-0.3, -0.25) is 9.55 Å².